The molecule has 0 N–H and O–H groups in total. The van der Waals surface area contributed by atoms with Crippen LogP contribution in [0.15, 0.2) is 18.2 Å². The van der Waals surface area contributed by atoms with E-state index < -0.39 is 0 Å². The van der Waals surface area contributed by atoms with Crippen LogP contribution in [-0.2, 0) is 4.74 Å². The maximum absolute atomic E-state index is 12.8. The Morgan fingerprint density at radius 3 is 2.85 bits per heavy atom. The van der Waals surface area contributed by atoms with Gasteiger partial charge in [0.1, 0.15) is 0 Å². The summed E-state index contributed by atoms with van der Waals surface area (Å²) in [7, 11) is 0. The van der Waals surface area contributed by atoms with Gasteiger partial charge in [0, 0.05) is 18.1 Å². The first-order valence-corrected chi connectivity index (χ1v) is 7.92. The number of ketones is 1. The quantitative estimate of drug-likeness (QED) is 0.746. The van der Waals surface area contributed by atoms with E-state index in [-0.39, 0.29) is 17.3 Å². The van der Waals surface area contributed by atoms with Crippen molar-refractivity contribution in [3.63, 3.8) is 0 Å². The smallest absolute Gasteiger partial charge is 0.167 e. The number of aryl methyl sites for hydroxylation is 1. The fourth-order valence-electron chi connectivity index (χ4n) is 3.68. The summed E-state index contributed by atoms with van der Waals surface area (Å²) >= 11 is 6.31. The van der Waals surface area contributed by atoms with Gasteiger partial charge < -0.3 is 4.74 Å². The normalized spacial score (nSPS) is 25.0. The standard InChI is InChI=1S/C17H21ClO2/c1-12-5-4-6-14(15(12)18)16(19)13-7-10-20-17(11-13)8-2-3-9-17/h4-6,13H,2-3,7-11H2,1H3. The summed E-state index contributed by atoms with van der Waals surface area (Å²) in [5.74, 6) is 0.273. The van der Waals surface area contributed by atoms with Crippen molar-refractivity contribution in [1.82, 2.24) is 0 Å². The lowest BCUT2D eigenvalue weighted by molar-refractivity contribution is -0.0866. The fraction of sp³-hybridized carbons (Fsp3) is 0.588. The van der Waals surface area contributed by atoms with E-state index in [0.717, 1.165) is 31.2 Å². The topological polar surface area (TPSA) is 26.3 Å². The van der Waals surface area contributed by atoms with Crippen LogP contribution < -0.4 is 0 Å². The lowest BCUT2D eigenvalue weighted by Crippen LogP contribution is -2.39. The number of benzene rings is 1. The van der Waals surface area contributed by atoms with Gasteiger partial charge in [-0.15, -0.1) is 0 Å². The maximum atomic E-state index is 12.8. The Morgan fingerprint density at radius 1 is 1.35 bits per heavy atom. The van der Waals surface area contributed by atoms with Crippen LogP contribution in [0.1, 0.15) is 54.4 Å². The highest BCUT2D eigenvalue weighted by atomic mass is 35.5. The largest absolute Gasteiger partial charge is 0.375 e. The van der Waals surface area contributed by atoms with Gasteiger partial charge in [-0.2, -0.15) is 0 Å². The Kier molecular flexibility index (Phi) is 3.87. The van der Waals surface area contributed by atoms with Crippen molar-refractivity contribution < 1.29 is 9.53 Å². The van der Waals surface area contributed by atoms with Crippen molar-refractivity contribution >= 4 is 17.4 Å². The number of Topliss-reactive ketones (excluding diaryl/α,β-unsaturated/α-hetero) is 1. The molecule has 2 nitrogen and oxygen atoms in total. The van der Waals surface area contributed by atoms with Crippen LogP contribution in [0.4, 0.5) is 0 Å². The van der Waals surface area contributed by atoms with Crippen molar-refractivity contribution in [3.05, 3.63) is 34.3 Å². The lowest BCUT2D eigenvalue weighted by atomic mass is 9.80. The van der Waals surface area contributed by atoms with Crippen LogP contribution in [0.3, 0.4) is 0 Å². The van der Waals surface area contributed by atoms with Gasteiger partial charge >= 0.3 is 0 Å². The first-order valence-electron chi connectivity index (χ1n) is 7.55. The average molecular weight is 293 g/mol. The Balaban J connectivity index is 1.81. The predicted octanol–water partition coefficient (Wildman–Crippen LogP) is 4.57. The van der Waals surface area contributed by atoms with Crippen LogP contribution in [0.5, 0.6) is 0 Å². The van der Waals surface area contributed by atoms with E-state index in [4.69, 9.17) is 16.3 Å². The minimum absolute atomic E-state index is 0.0190. The third-order valence-corrected chi connectivity index (χ3v) is 5.34. The van der Waals surface area contributed by atoms with Gasteiger partial charge in [-0.3, -0.25) is 4.79 Å². The molecule has 1 aliphatic heterocycles. The predicted molar refractivity (Wildman–Crippen MR) is 80.4 cm³/mol. The van der Waals surface area contributed by atoms with E-state index in [9.17, 15) is 4.79 Å². The molecule has 0 amide bonds. The Morgan fingerprint density at radius 2 is 2.10 bits per heavy atom. The van der Waals surface area contributed by atoms with E-state index in [1.54, 1.807) is 0 Å². The van der Waals surface area contributed by atoms with Gasteiger partial charge in [0.15, 0.2) is 5.78 Å². The van der Waals surface area contributed by atoms with Crippen molar-refractivity contribution in [2.75, 3.05) is 6.61 Å². The molecule has 1 unspecified atom stereocenters. The van der Waals surface area contributed by atoms with Crippen LogP contribution in [0.25, 0.3) is 0 Å². The van der Waals surface area contributed by atoms with Crippen LogP contribution in [-0.4, -0.2) is 18.0 Å². The molecule has 1 heterocycles. The average Bonchev–Trinajstić information content (AvgIpc) is 2.89. The summed E-state index contributed by atoms with van der Waals surface area (Å²) in [6.45, 7) is 2.65. The molecule has 0 radical (unpaired) electrons. The lowest BCUT2D eigenvalue weighted by Gasteiger charge is -2.37. The highest BCUT2D eigenvalue weighted by Gasteiger charge is 2.42. The van der Waals surface area contributed by atoms with E-state index in [1.807, 2.05) is 25.1 Å². The van der Waals surface area contributed by atoms with Gasteiger partial charge in [-0.1, -0.05) is 36.6 Å². The number of ether oxygens (including phenoxy) is 1. The summed E-state index contributed by atoms with van der Waals surface area (Å²) in [5.41, 5.74) is 1.64. The SMILES string of the molecule is Cc1cccc(C(=O)C2CCOC3(CCCC3)C2)c1Cl. The first-order chi connectivity index (χ1) is 9.61. The van der Waals surface area contributed by atoms with Gasteiger partial charge in [0.05, 0.1) is 10.6 Å². The Bertz CT molecular complexity index is 518. The molecule has 1 aliphatic carbocycles. The third kappa shape index (κ3) is 2.51. The van der Waals surface area contributed by atoms with E-state index >= 15 is 0 Å². The van der Waals surface area contributed by atoms with E-state index in [2.05, 4.69) is 0 Å². The number of carbonyl (C=O) groups is 1. The van der Waals surface area contributed by atoms with Crippen LogP contribution >= 0.6 is 11.6 Å². The second-order valence-corrected chi connectivity index (χ2v) is 6.61. The number of carbonyl (C=O) groups excluding carboxylic acids is 1. The highest BCUT2D eigenvalue weighted by Crippen LogP contribution is 2.43. The number of hydrogen-bond donors (Lipinski definition) is 0. The minimum atomic E-state index is -0.0190. The van der Waals surface area contributed by atoms with Crippen molar-refractivity contribution in [2.24, 2.45) is 5.92 Å². The molecule has 0 bridgehead atoms. The molecule has 1 aromatic carbocycles. The zero-order valence-electron chi connectivity index (χ0n) is 12.0. The fourth-order valence-corrected chi connectivity index (χ4v) is 3.90. The highest BCUT2D eigenvalue weighted by molar-refractivity contribution is 6.34. The molecule has 0 aromatic heterocycles. The van der Waals surface area contributed by atoms with Crippen molar-refractivity contribution in [1.29, 1.82) is 0 Å². The molecular formula is C17H21ClO2. The molecule has 20 heavy (non-hydrogen) atoms. The zero-order chi connectivity index (χ0) is 14.2. The summed E-state index contributed by atoms with van der Waals surface area (Å²) in [5, 5.41) is 0.615. The first kappa shape index (κ1) is 14.1. The molecular weight excluding hydrogens is 272 g/mol. The molecule has 3 rings (SSSR count). The second kappa shape index (κ2) is 5.50. The van der Waals surface area contributed by atoms with Crippen LogP contribution in [0.2, 0.25) is 5.02 Å². The number of hydrogen-bond acceptors (Lipinski definition) is 2. The molecule has 1 saturated carbocycles. The Hall–Kier alpha value is -0.860. The zero-order valence-corrected chi connectivity index (χ0v) is 12.7. The molecule has 1 spiro atoms. The van der Waals surface area contributed by atoms with Gasteiger partial charge in [0.2, 0.25) is 0 Å². The number of halogens is 1. The minimum Gasteiger partial charge on any atom is -0.375 e. The molecule has 1 atom stereocenters. The summed E-state index contributed by atoms with van der Waals surface area (Å²) in [6, 6.07) is 5.72. The van der Waals surface area contributed by atoms with Crippen LogP contribution in [0, 0.1) is 12.8 Å². The number of rotatable bonds is 2. The molecule has 108 valence electrons. The van der Waals surface area contributed by atoms with Gasteiger partial charge in [0.25, 0.3) is 0 Å². The molecule has 1 saturated heterocycles. The monoisotopic (exact) mass is 292 g/mol. The summed E-state index contributed by atoms with van der Waals surface area (Å²) in [6.07, 6.45) is 6.37. The van der Waals surface area contributed by atoms with Gasteiger partial charge in [-0.25, -0.2) is 0 Å². The summed E-state index contributed by atoms with van der Waals surface area (Å²) in [4.78, 5) is 12.8. The van der Waals surface area contributed by atoms with Gasteiger partial charge in [-0.05, 0) is 44.2 Å². The molecule has 2 fully saturated rings. The third-order valence-electron chi connectivity index (χ3n) is 4.84. The van der Waals surface area contributed by atoms with E-state index in [0.29, 0.717) is 17.2 Å². The summed E-state index contributed by atoms with van der Waals surface area (Å²) < 4.78 is 6.01. The van der Waals surface area contributed by atoms with Crippen molar-refractivity contribution in [3.8, 4) is 0 Å². The van der Waals surface area contributed by atoms with E-state index in [1.165, 1.54) is 12.8 Å². The maximum Gasteiger partial charge on any atom is 0.167 e. The second-order valence-electron chi connectivity index (χ2n) is 6.23. The Labute approximate surface area is 125 Å². The molecule has 2 aliphatic rings. The molecule has 3 heteroatoms. The van der Waals surface area contributed by atoms with Crippen molar-refractivity contribution in [2.45, 2.75) is 51.0 Å². The molecule has 1 aromatic rings.